The molecule has 0 aliphatic carbocycles. The maximum absolute atomic E-state index is 12.5. The van der Waals surface area contributed by atoms with Crippen LogP contribution in [0.25, 0.3) is 0 Å². The third-order valence-electron chi connectivity index (χ3n) is 4.95. The molecule has 0 spiro atoms. The number of thioether (sulfide) groups is 1. The van der Waals surface area contributed by atoms with E-state index in [-0.39, 0.29) is 17.1 Å². The van der Waals surface area contributed by atoms with Crippen LogP contribution in [0.4, 0.5) is 5.69 Å². The van der Waals surface area contributed by atoms with E-state index >= 15 is 0 Å². The number of amides is 2. The molecular formula is C22H27N3O2S. The molecule has 148 valence electrons. The molecular weight excluding hydrogens is 370 g/mol. The lowest BCUT2D eigenvalue weighted by atomic mass is 10.1. The number of benzene rings is 2. The van der Waals surface area contributed by atoms with Crippen LogP contribution in [0.1, 0.15) is 42.3 Å². The fraction of sp³-hybridized carbons (Fsp3) is 0.364. The van der Waals surface area contributed by atoms with Crippen molar-refractivity contribution >= 4 is 29.3 Å². The summed E-state index contributed by atoms with van der Waals surface area (Å²) in [5.41, 5.74) is 3.59. The fourth-order valence-corrected chi connectivity index (χ4v) is 4.03. The van der Waals surface area contributed by atoms with Crippen molar-refractivity contribution in [2.75, 3.05) is 18.4 Å². The Morgan fingerprint density at radius 1 is 1.11 bits per heavy atom. The van der Waals surface area contributed by atoms with Crippen LogP contribution >= 0.6 is 11.8 Å². The molecule has 0 bridgehead atoms. The lowest BCUT2D eigenvalue weighted by Gasteiger charge is -2.21. The van der Waals surface area contributed by atoms with Gasteiger partial charge in [0.15, 0.2) is 0 Å². The standard InChI is InChI=1S/C22H27N3O2S/c1-4-25(5-2)14-17-8-6-16(7-9-17)13-23-22(27)18-10-11-20-19(12-18)24-21(26)15(3)28-20/h6-12,15H,4-5,13-14H2,1-3H3,(H,23,27)(H,24,26). The largest absolute Gasteiger partial charge is 0.348 e. The van der Waals surface area contributed by atoms with Gasteiger partial charge in [0.05, 0.1) is 10.9 Å². The molecule has 0 aromatic heterocycles. The molecule has 2 N–H and O–H groups in total. The first-order valence-corrected chi connectivity index (χ1v) is 10.6. The van der Waals surface area contributed by atoms with Crippen LogP contribution in [0.3, 0.4) is 0 Å². The lowest BCUT2D eigenvalue weighted by Crippen LogP contribution is -2.27. The van der Waals surface area contributed by atoms with E-state index in [9.17, 15) is 9.59 Å². The molecule has 2 aromatic carbocycles. The van der Waals surface area contributed by atoms with Crippen molar-refractivity contribution in [2.45, 2.75) is 44.0 Å². The van der Waals surface area contributed by atoms with E-state index in [1.54, 1.807) is 12.1 Å². The van der Waals surface area contributed by atoms with Crippen LogP contribution in [-0.2, 0) is 17.9 Å². The summed E-state index contributed by atoms with van der Waals surface area (Å²) in [6.07, 6.45) is 0. The normalized spacial score (nSPS) is 15.9. The first-order valence-electron chi connectivity index (χ1n) is 9.70. The van der Waals surface area contributed by atoms with Crippen molar-refractivity contribution in [3.63, 3.8) is 0 Å². The minimum absolute atomic E-state index is 0.0279. The van der Waals surface area contributed by atoms with E-state index in [1.165, 1.54) is 17.3 Å². The Labute approximate surface area is 170 Å². The number of nitrogens with zero attached hydrogens (tertiary/aromatic N) is 1. The van der Waals surface area contributed by atoms with Crippen LogP contribution in [0.5, 0.6) is 0 Å². The molecule has 1 unspecified atom stereocenters. The lowest BCUT2D eigenvalue weighted by molar-refractivity contribution is -0.115. The summed E-state index contributed by atoms with van der Waals surface area (Å²) in [7, 11) is 0. The fourth-order valence-electron chi connectivity index (χ4n) is 3.10. The van der Waals surface area contributed by atoms with Gasteiger partial charge in [-0.2, -0.15) is 0 Å². The molecule has 28 heavy (non-hydrogen) atoms. The van der Waals surface area contributed by atoms with Gasteiger partial charge in [-0.15, -0.1) is 11.8 Å². The summed E-state index contributed by atoms with van der Waals surface area (Å²) < 4.78 is 0. The van der Waals surface area contributed by atoms with Gasteiger partial charge in [0.1, 0.15) is 0 Å². The molecule has 3 rings (SSSR count). The molecule has 2 amide bonds. The summed E-state index contributed by atoms with van der Waals surface area (Å²) in [5, 5.41) is 5.71. The average Bonchev–Trinajstić information content (AvgIpc) is 2.71. The second-order valence-electron chi connectivity index (χ2n) is 6.92. The third-order valence-corrected chi connectivity index (χ3v) is 6.13. The topological polar surface area (TPSA) is 61.4 Å². The average molecular weight is 398 g/mol. The monoisotopic (exact) mass is 397 g/mol. The zero-order chi connectivity index (χ0) is 20.1. The first-order chi connectivity index (χ1) is 13.5. The molecule has 0 radical (unpaired) electrons. The molecule has 1 atom stereocenters. The number of nitrogens with one attached hydrogen (secondary N) is 2. The van der Waals surface area contributed by atoms with Gasteiger partial charge in [0.2, 0.25) is 5.91 Å². The van der Waals surface area contributed by atoms with Crippen LogP contribution < -0.4 is 10.6 Å². The molecule has 0 saturated heterocycles. The Morgan fingerprint density at radius 2 is 1.79 bits per heavy atom. The van der Waals surface area contributed by atoms with Gasteiger partial charge >= 0.3 is 0 Å². The molecule has 1 heterocycles. The molecule has 6 heteroatoms. The second kappa shape index (κ2) is 9.26. The van der Waals surface area contributed by atoms with Gasteiger partial charge in [-0.1, -0.05) is 38.1 Å². The molecule has 0 fully saturated rings. The summed E-state index contributed by atoms with van der Waals surface area (Å²) in [6, 6.07) is 13.8. The van der Waals surface area contributed by atoms with E-state index in [0.29, 0.717) is 17.8 Å². The Morgan fingerprint density at radius 3 is 2.46 bits per heavy atom. The van der Waals surface area contributed by atoms with Crippen molar-refractivity contribution in [1.29, 1.82) is 0 Å². The smallest absolute Gasteiger partial charge is 0.251 e. The highest BCUT2D eigenvalue weighted by molar-refractivity contribution is 8.00. The molecule has 5 nitrogen and oxygen atoms in total. The van der Waals surface area contributed by atoms with Crippen molar-refractivity contribution in [1.82, 2.24) is 10.2 Å². The molecule has 1 aliphatic heterocycles. The molecule has 0 saturated carbocycles. The zero-order valence-electron chi connectivity index (χ0n) is 16.6. The van der Waals surface area contributed by atoms with Gasteiger partial charge < -0.3 is 10.6 Å². The SMILES string of the molecule is CCN(CC)Cc1ccc(CNC(=O)c2ccc3c(c2)NC(=O)C(C)S3)cc1. The quantitative estimate of drug-likeness (QED) is 0.744. The van der Waals surface area contributed by atoms with E-state index in [0.717, 1.165) is 30.1 Å². The second-order valence-corrected chi connectivity index (χ2v) is 8.30. The van der Waals surface area contributed by atoms with Crippen LogP contribution in [-0.4, -0.2) is 35.1 Å². The van der Waals surface area contributed by atoms with Crippen LogP contribution in [0.15, 0.2) is 47.4 Å². The number of fused-ring (bicyclic) bond motifs is 1. The Kier molecular flexibility index (Phi) is 6.75. The summed E-state index contributed by atoms with van der Waals surface area (Å²) in [4.78, 5) is 27.7. The van der Waals surface area contributed by atoms with Crippen LogP contribution in [0, 0.1) is 0 Å². The Hall–Kier alpha value is -2.31. The van der Waals surface area contributed by atoms with Crippen molar-refractivity contribution < 1.29 is 9.59 Å². The number of carbonyl (C=O) groups is 2. The summed E-state index contributed by atoms with van der Waals surface area (Å²) in [5.74, 6) is -0.173. The number of anilines is 1. The van der Waals surface area contributed by atoms with Gasteiger partial charge in [0, 0.05) is 23.5 Å². The van der Waals surface area contributed by atoms with Gasteiger partial charge in [-0.3, -0.25) is 14.5 Å². The molecule has 1 aliphatic rings. The summed E-state index contributed by atoms with van der Waals surface area (Å²) in [6.45, 7) is 9.69. The maximum atomic E-state index is 12.5. The predicted octanol–water partition coefficient (Wildman–Crippen LogP) is 3.89. The minimum Gasteiger partial charge on any atom is -0.348 e. The number of hydrogen-bond donors (Lipinski definition) is 2. The van der Waals surface area contributed by atoms with Gasteiger partial charge in [-0.25, -0.2) is 0 Å². The highest BCUT2D eigenvalue weighted by atomic mass is 32.2. The van der Waals surface area contributed by atoms with E-state index in [2.05, 4.69) is 53.6 Å². The van der Waals surface area contributed by atoms with Crippen molar-refractivity contribution in [2.24, 2.45) is 0 Å². The third kappa shape index (κ3) is 4.94. The van der Waals surface area contributed by atoms with E-state index < -0.39 is 0 Å². The maximum Gasteiger partial charge on any atom is 0.251 e. The number of hydrogen-bond acceptors (Lipinski definition) is 4. The highest BCUT2D eigenvalue weighted by Crippen LogP contribution is 2.35. The number of rotatable bonds is 7. The van der Waals surface area contributed by atoms with Crippen molar-refractivity contribution in [3.8, 4) is 0 Å². The zero-order valence-corrected chi connectivity index (χ0v) is 17.4. The van der Waals surface area contributed by atoms with E-state index in [1.807, 2.05) is 13.0 Å². The number of carbonyl (C=O) groups excluding carboxylic acids is 2. The highest BCUT2D eigenvalue weighted by Gasteiger charge is 2.23. The Balaban J connectivity index is 1.58. The van der Waals surface area contributed by atoms with Crippen molar-refractivity contribution in [3.05, 3.63) is 59.2 Å². The van der Waals surface area contributed by atoms with Gasteiger partial charge in [-0.05, 0) is 49.3 Å². The molecule has 2 aromatic rings. The first kappa shape index (κ1) is 20.4. The predicted molar refractivity (Wildman–Crippen MR) is 115 cm³/mol. The summed E-state index contributed by atoms with van der Waals surface area (Å²) >= 11 is 1.51. The minimum atomic E-state index is -0.145. The van der Waals surface area contributed by atoms with Gasteiger partial charge in [0.25, 0.3) is 5.91 Å². The van der Waals surface area contributed by atoms with E-state index in [4.69, 9.17) is 0 Å². The Bertz CT molecular complexity index is 847. The van der Waals surface area contributed by atoms with Crippen LogP contribution in [0.2, 0.25) is 0 Å².